The monoisotopic (exact) mass is 292 g/mol. The molecule has 0 amide bonds. The van der Waals surface area contributed by atoms with Crippen molar-refractivity contribution >= 4 is 5.97 Å². The Bertz CT molecular complexity index is 430. The Balaban J connectivity index is 1.95. The fraction of sp³-hybridized carbons (Fsp3) is 0.562. The van der Waals surface area contributed by atoms with Crippen molar-refractivity contribution in [3.05, 3.63) is 35.9 Å². The van der Waals surface area contributed by atoms with Crippen molar-refractivity contribution in [3.63, 3.8) is 0 Å². The zero-order valence-electron chi connectivity index (χ0n) is 12.3. The number of nitrogens with zero attached hydrogens (tertiary/aromatic N) is 2. The molecule has 0 radical (unpaired) electrons. The maximum Gasteiger partial charge on any atom is 0.304 e. The molecule has 116 valence electrons. The third-order valence-corrected chi connectivity index (χ3v) is 4.06. The lowest BCUT2D eigenvalue weighted by Gasteiger charge is -2.38. The number of carboxylic acids is 1. The standard InChI is InChI=1S/C16H24N2O3/c19-11-10-17-6-8-18(9-7-17)15(13-16(20)21)12-14-4-2-1-3-5-14/h1-5,15,19H,6-13H2,(H,20,21). The molecule has 0 spiro atoms. The molecule has 1 unspecified atom stereocenters. The van der Waals surface area contributed by atoms with Crippen LogP contribution in [0.3, 0.4) is 0 Å². The van der Waals surface area contributed by atoms with Crippen LogP contribution >= 0.6 is 0 Å². The van der Waals surface area contributed by atoms with Gasteiger partial charge >= 0.3 is 5.97 Å². The van der Waals surface area contributed by atoms with E-state index in [1.807, 2.05) is 18.2 Å². The molecule has 0 aliphatic carbocycles. The van der Waals surface area contributed by atoms with E-state index >= 15 is 0 Å². The number of β-amino-alcohol motifs (C(OH)–C–C–N with tert-alkyl or cyclic N) is 1. The summed E-state index contributed by atoms with van der Waals surface area (Å²) in [7, 11) is 0. The van der Waals surface area contributed by atoms with Gasteiger partial charge in [0.15, 0.2) is 0 Å². The van der Waals surface area contributed by atoms with Crippen LogP contribution in [0.4, 0.5) is 0 Å². The number of aliphatic carboxylic acids is 1. The molecule has 0 aromatic heterocycles. The molecule has 1 atom stereocenters. The first-order valence-corrected chi connectivity index (χ1v) is 7.52. The molecule has 1 heterocycles. The summed E-state index contributed by atoms with van der Waals surface area (Å²) in [5, 5.41) is 18.1. The third-order valence-electron chi connectivity index (χ3n) is 4.06. The van der Waals surface area contributed by atoms with Gasteiger partial charge in [-0.15, -0.1) is 0 Å². The summed E-state index contributed by atoms with van der Waals surface area (Å²) in [6.07, 6.45) is 0.946. The number of aliphatic hydroxyl groups is 1. The minimum absolute atomic E-state index is 0.0428. The minimum Gasteiger partial charge on any atom is -0.481 e. The van der Waals surface area contributed by atoms with Crippen LogP contribution in [-0.2, 0) is 11.2 Å². The summed E-state index contributed by atoms with van der Waals surface area (Å²) in [5.74, 6) is -0.742. The van der Waals surface area contributed by atoms with E-state index < -0.39 is 5.97 Å². The highest BCUT2D eigenvalue weighted by Gasteiger charge is 2.25. The number of piperazine rings is 1. The predicted octanol–water partition coefficient (Wildman–Crippen LogP) is 0.682. The SMILES string of the molecule is O=C(O)CC(Cc1ccccc1)N1CCN(CCO)CC1. The van der Waals surface area contributed by atoms with Crippen LogP contribution in [0.15, 0.2) is 30.3 Å². The third kappa shape index (κ3) is 5.12. The fourth-order valence-corrected chi connectivity index (χ4v) is 2.91. The maximum absolute atomic E-state index is 11.1. The molecule has 21 heavy (non-hydrogen) atoms. The molecule has 0 saturated carbocycles. The summed E-state index contributed by atoms with van der Waals surface area (Å²) in [6.45, 7) is 4.41. The van der Waals surface area contributed by atoms with Gasteiger partial charge in [-0.25, -0.2) is 0 Å². The largest absolute Gasteiger partial charge is 0.481 e. The zero-order valence-corrected chi connectivity index (χ0v) is 12.3. The van der Waals surface area contributed by atoms with E-state index in [1.54, 1.807) is 0 Å². The Kier molecular flexibility index (Phi) is 6.17. The smallest absolute Gasteiger partial charge is 0.304 e. The molecule has 1 aromatic carbocycles. The number of hydrogen-bond donors (Lipinski definition) is 2. The Labute approximate surface area is 125 Å². The highest BCUT2D eigenvalue weighted by atomic mass is 16.4. The number of aliphatic hydroxyl groups excluding tert-OH is 1. The van der Waals surface area contributed by atoms with E-state index in [0.29, 0.717) is 6.54 Å². The molecule has 1 saturated heterocycles. The molecular weight excluding hydrogens is 268 g/mol. The number of carboxylic acid groups (broad SMARTS) is 1. The van der Waals surface area contributed by atoms with E-state index in [0.717, 1.165) is 32.6 Å². The van der Waals surface area contributed by atoms with Crippen LogP contribution in [0, 0.1) is 0 Å². The molecule has 5 nitrogen and oxygen atoms in total. The average molecular weight is 292 g/mol. The van der Waals surface area contributed by atoms with Gasteiger partial charge in [0.25, 0.3) is 0 Å². The first-order chi connectivity index (χ1) is 10.2. The summed E-state index contributed by atoms with van der Waals surface area (Å²) < 4.78 is 0. The summed E-state index contributed by atoms with van der Waals surface area (Å²) in [4.78, 5) is 15.6. The van der Waals surface area contributed by atoms with Gasteiger partial charge in [-0.3, -0.25) is 14.6 Å². The van der Waals surface area contributed by atoms with Crippen LogP contribution in [0.2, 0.25) is 0 Å². The van der Waals surface area contributed by atoms with Crippen molar-refractivity contribution in [2.24, 2.45) is 0 Å². The van der Waals surface area contributed by atoms with Gasteiger partial charge in [0.1, 0.15) is 0 Å². The van der Waals surface area contributed by atoms with Crippen LogP contribution in [0.1, 0.15) is 12.0 Å². The molecule has 1 aliphatic rings. The van der Waals surface area contributed by atoms with Crippen molar-refractivity contribution in [3.8, 4) is 0 Å². The topological polar surface area (TPSA) is 64.0 Å². The van der Waals surface area contributed by atoms with Crippen molar-refractivity contribution in [2.75, 3.05) is 39.3 Å². The summed E-state index contributed by atoms with van der Waals surface area (Å²) >= 11 is 0. The molecule has 1 aliphatic heterocycles. The van der Waals surface area contributed by atoms with Crippen LogP contribution in [0.25, 0.3) is 0 Å². The van der Waals surface area contributed by atoms with Gasteiger partial charge in [-0.1, -0.05) is 30.3 Å². The number of carbonyl (C=O) groups is 1. The van der Waals surface area contributed by atoms with Crippen molar-refractivity contribution < 1.29 is 15.0 Å². The minimum atomic E-state index is -0.742. The van der Waals surface area contributed by atoms with Crippen LogP contribution < -0.4 is 0 Å². The van der Waals surface area contributed by atoms with Crippen LogP contribution in [-0.4, -0.2) is 71.4 Å². The van der Waals surface area contributed by atoms with E-state index in [4.69, 9.17) is 10.2 Å². The lowest BCUT2D eigenvalue weighted by atomic mass is 10.0. The molecular formula is C16H24N2O3. The van der Waals surface area contributed by atoms with Gasteiger partial charge in [-0.05, 0) is 12.0 Å². The molecule has 2 rings (SSSR count). The van der Waals surface area contributed by atoms with E-state index in [1.165, 1.54) is 5.56 Å². The van der Waals surface area contributed by atoms with Gasteiger partial charge in [-0.2, -0.15) is 0 Å². The second-order valence-electron chi connectivity index (χ2n) is 5.54. The van der Waals surface area contributed by atoms with Crippen molar-refractivity contribution in [2.45, 2.75) is 18.9 Å². The second kappa shape index (κ2) is 8.12. The van der Waals surface area contributed by atoms with Crippen molar-refractivity contribution in [1.29, 1.82) is 0 Å². The summed E-state index contributed by atoms with van der Waals surface area (Å²) in [5.41, 5.74) is 1.18. The lowest BCUT2D eigenvalue weighted by Crippen LogP contribution is -2.51. The van der Waals surface area contributed by atoms with Gasteiger partial charge in [0, 0.05) is 38.8 Å². The number of benzene rings is 1. The van der Waals surface area contributed by atoms with Crippen molar-refractivity contribution in [1.82, 2.24) is 9.80 Å². The van der Waals surface area contributed by atoms with Gasteiger partial charge in [0.05, 0.1) is 13.0 Å². The van der Waals surface area contributed by atoms with Gasteiger partial charge < -0.3 is 10.2 Å². The second-order valence-corrected chi connectivity index (χ2v) is 5.54. The van der Waals surface area contributed by atoms with E-state index in [2.05, 4.69) is 21.9 Å². The van der Waals surface area contributed by atoms with Gasteiger partial charge in [0.2, 0.25) is 0 Å². The summed E-state index contributed by atoms with van der Waals surface area (Å²) in [6, 6.07) is 10.1. The average Bonchev–Trinajstić information content (AvgIpc) is 2.48. The number of hydrogen-bond acceptors (Lipinski definition) is 4. The molecule has 5 heteroatoms. The highest BCUT2D eigenvalue weighted by Crippen LogP contribution is 2.15. The first-order valence-electron chi connectivity index (χ1n) is 7.52. The fourth-order valence-electron chi connectivity index (χ4n) is 2.91. The molecule has 1 aromatic rings. The van der Waals surface area contributed by atoms with E-state index in [-0.39, 0.29) is 19.1 Å². The maximum atomic E-state index is 11.1. The zero-order chi connectivity index (χ0) is 15.1. The Morgan fingerprint density at radius 2 is 1.81 bits per heavy atom. The Hall–Kier alpha value is -1.43. The van der Waals surface area contributed by atoms with Crippen LogP contribution in [0.5, 0.6) is 0 Å². The van der Waals surface area contributed by atoms with E-state index in [9.17, 15) is 4.79 Å². The molecule has 0 bridgehead atoms. The highest BCUT2D eigenvalue weighted by molar-refractivity contribution is 5.67. The normalized spacial score (nSPS) is 18.5. The quantitative estimate of drug-likeness (QED) is 0.774. The Morgan fingerprint density at radius 1 is 1.14 bits per heavy atom. The predicted molar refractivity (Wildman–Crippen MR) is 81.3 cm³/mol. The first kappa shape index (κ1) is 15.9. The molecule has 2 N–H and O–H groups in total. The lowest BCUT2D eigenvalue weighted by molar-refractivity contribution is -0.138. The number of rotatable bonds is 7. The molecule has 1 fully saturated rings. The Morgan fingerprint density at radius 3 is 2.38 bits per heavy atom.